The van der Waals surface area contributed by atoms with Gasteiger partial charge in [0.05, 0.1) is 12.5 Å². The number of fused-ring (bicyclic) bond motifs is 1. The van der Waals surface area contributed by atoms with Crippen molar-refractivity contribution in [1.29, 1.82) is 0 Å². The molecule has 0 spiro atoms. The highest BCUT2D eigenvalue weighted by atomic mass is 16.5. The van der Waals surface area contributed by atoms with Crippen LogP contribution in [0.3, 0.4) is 0 Å². The van der Waals surface area contributed by atoms with Crippen LogP contribution in [0.5, 0.6) is 0 Å². The molecule has 0 N–H and O–H groups in total. The SMILES string of the molecule is CCOC(=O)C1CCCN(c2ccc3c(c2)CCN3C)C1. The molecule has 0 saturated carbocycles. The Balaban J connectivity index is 1.73. The molecule has 3 rings (SSSR count). The molecule has 2 heterocycles. The van der Waals surface area contributed by atoms with Crippen LogP contribution in [0.2, 0.25) is 0 Å². The summed E-state index contributed by atoms with van der Waals surface area (Å²) in [5.41, 5.74) is 4.02. The van der Waals surface area contributed by atoms with E-state index in [0.29, 0.717) is 6.61 Å². The molecule has 0 aliphatic carbocycles. The number of ether oxygens (including phenoxy) is 1. The second kappa shape index (κ2) is 5.96. The first-order valence-corrected chi connectivity index (χ1v) is 7.94. The Hall–Kier alpha value is -1.71. The van der Waals surface area contributed by atoms with E-state index in [4.69, 9.17) is 4.74 Å². The number of piperidine rings is 1. The van der Waals surface area contributed by atoms with E-state index in [9.17, 15) is 4.79 Å². The highest BCUT2D eigenvalue weighted by Gasteiger charge is 2.27. The number of carbonyl (C=O) groups is 1. The third-order valence-corrected chi connectivity index (χ3v) is 4.60. The molecular formula is C17H24N2O2. The van der Waals surface area contributed by atoms with Crippen molar-refractivity contribution in [2.45, 2.75) is 26.2 Å². The Morgan fingerprint density at radius 2 is 2.24 bits per heavy atom. The van der Waals surface area contributed by atoms with Crippen molar-refractivity contribution in [3.8, 4) is 0 Å². The molecule has 1 saturated heterocycles. The van der Waals surface area contributed by atoms with Gasteiger partial charge in [-0.2, -0.15) is 0 Å². The lowest BCUT2D eigenvalue weighted by molar-refractivity contribution is -0.148. The summed E-state index contributed by atoms with van der Waals surface area (Å²) in [5.74, 6) is -0.0160. The van der Waals surface area contributed by atoms with Crippen molar-refractivity contribution in [3.63, 3.8) is 0 Å². The maximum absolute atomic E-state index is 11.9. The maximum atomic E-state index is 11.9. The Bertz CT molecular complexity index is 530. The smallest absolute Gasteiger partial charge is 0.310 e. The molecule has 1 atom stereocenters. The summed E-state index contributed by atoms with van der Waals surface area (Å²) in [6, 6.07) is 6.70. The van der Waals surface area contributed by atoms with Gasteiger partial charge in [-0.05, 0) is 49.9 Å². The topological polar surface area (TPSA) is 32.8 Å². The van der Waals surface area contributed by atoms with Gasteiger partial charge in [-0.3, -0.25) is 4.79 Å². The number of hydrogen-bond donors (Lipinski definition) is 0. The predicted octanol–water partition coefficient (Wildman–Crippen LogP) is 2.46. The monoisotopic (exact) mass is 288 g/mol. The van der Waals surface area contributed by atoms with E-state index in [2.05, 4.69) is 35.0 Å². The van der Waals surface area contributed by atoms with Gasteiger partial charge in [0.25, 0.3) is 0 Å². The molecule has 1 aromatic rings. The molecule has 0 aromatic heterocycles. The highest BCUT2D eigenvalue weighted by molar-refractivity contribution is 5.74. The zero-order chi connectivity index (χ0) is 14.8. The van der Waals surface area contributed by atoms with E-state index in [0.717, 1.165) is 38.9 Å². The maximum Gasteiger partial charge on any atom is 0.310 e. The highest BCUT2D eigenvalue weighted by Crippen LogP contribution is 2.32. The van der Waals surface area contributed by atoms with E-state index in [-0.39, 0.29) is 11.9 Å². The first-order valence-electron chi connectivity index (χ1n) is 7.94. The van der Waals surface area contributed by atoms with Gasteiger partial charge in [-0.15, -0.1) is 0 Å². The number of benzene rings is 1. The summed E-state index contributed by atoms with van der Waals surface area (Å²) in [7, 11) is 2.14. The van der Waals surface area contributed by atoms with Crippen LogP contribution in [0.25, 0.3) is 0 Å². The first kappa shape index (κ1) is 14.2. The summed E-state index contributed by atoms with van der Waals surface area (Å²) in [5, 5.41) is 0. The normalized spacial score (nSPS) is 21.3. The van der Waals surface area contributed by atoms with Crippen LogP contribution in [0, 0.1) is 5.92 Å². The fourth-order valence-corrected chi connectivity index (χ4v) is 3.41. The number of hydrogen-bond acceptors (Lipinski definition) is 4. The zero-order valence-electron chi connectivity index (χ0n) is 13.0. The number of rotatable bonds is 3. The summed E-state index contributed by atoms with van der Waals surface area (Å²) < 4.78 is 5.18. The molecule has 0 bridgehead atoms. The van der Waals surface area contributed by atoms with Gasteiger partial charge in [0.2, 0.25) is 0 Å². The van der Waals surface area contributed by atoms with Crippen LogP contribution in [0.1, 0.15) is 25.3 Å². The lowest BCUT2D eigenvalue weighted by Crippen LogP contribution is -2.39. The lowest BCUT2D eigenvalue weighted by atomic mass is 9.97. The van der Waals surface area contributed by atoms with Gasteiger partial charge in [-0.25, -0.2) is 0 Å². The van der Waals surface area contributed by atoms with Crippen LogP contribution in [-0.4, -0.2) is 39.3 Å². The fraction of sp³-hybridized carbons (Fsp3) is 0.588. The molecule has 0 amide bonds. The van der Waals surface area contributed by atoms with Gasteiger partial charge >= 0.3 is 5.97 Å². The van der Waals surface area contributed by atoms with E-state index in [1.165, 1.54) is 16.9 Å². The standard InChI is InChI=1S/C17H24N2O2/c1-3-21-17(20)14-5-4-9-19(12-14)15-6-7-16-13(11-15)8-10-18(16)2/h6-7,11,14H,3-5,8-10,12H2,1-2H3. The molecule has 2 aliphatic heterocycles. The molecule has 1 unspecified atom stereocenters. The molecule has 4 heteroatoms. The third-order valence-electron chi connectivity index (χ3n) is 4.60. The minimum atomic E-state index is -0.0388. The Labute approximate surface area is 126 Å². The van der Waals surface area contributed by atoms with E-state index in [1.54, 1.807) is 0 Å². The number of likely N-dealkylation sites (N-methyl/N-ethyl adjacent to an activating group) is 1. The van der Waals surface area contributed by atoms with Crippen molar-refractivity contribution in [2.24, 2.45) is 5.92 Å². The number of anilines is 2. The van der Waals surface area contributed by atoms with Crippen molar-refractivity contribution in [1.82, 2.24) is 0 Å². The van der Waals surface area contributed by atoms with E-state index < -0.39 is 0 Å². The number of esters is 1. The largest absolute Gasteiger partial charge is 0.466 e. The molecule has 4 nitrogen and oxygen atoms in total. The molecule has 0 radical (unpaired) electrons. The molecule has 1 aromatic carbocycles. The number of nitrogens with zero attached hydrogens (tertiary/aromatic N) is 2. The summed E-state index contributed by atoms with van der Waals surface area (Å²) in [4.78, 5) is 16.6. The minimum absolute atomic E-state index is 0.0228. The second-order valence-electron chi connectivity index (χ2n) is 6.02. The zero-order valence-corrected chi connectivity index (χ0v) is 13.0. The molecule has 114 valence electrons. The lowest BCUT2D eigenvalue weighted by Gasteiger charge is -2.33. The summed E-state index contributed by atoms with van der Waals surface area (Å²) >= 11 is 0. The van der Waals surface area contributed by atoms with Gasteiger partial charge in [0, 0.05) is 38.1 Å². The van der Waals surface area contributed by atoms with Crippen molar-refractivity contribution in [2.75, 3.05) is 43.1 Å². The van der Waals surface area contributed by atoms with E-state index in [1.807, 2.05) is 6.92 Å². The summed E-state index contributed by atoms with van der Waals surface area (Å²) in [6.07, 6.45) is 3.12. The van der Waals surface area contributed by atoms with Gasteiger partial charge in [0.1, 0.15) is 0 Å². The molecule has 1 fully saturated rings. The predicted molar refractivity (Wildman–Crippen MR) is 85.0 cm³/mol. The Kier molecular flexibility index (Phi) is 4.04. The van der Waals surface area contributed by atoms with Gasteiger partial charge < -0.3 is 14.5 Å². The molecule has 2 aliphatic rings. The minimum Gasteiger partial charge on any atom is -0.466 e. The van der Waals surface area contributed by atoms with Crippen LogP contribution >= 0.6 is 0 Å². The van der Waals surface area contributed by atoms with Crippen LogP contribution in [0.15, 0.2) is 18.2 Å². The van der Waals surface area contributed by atoms with Gasteiger partial charge in [-0.1, -0.05) is 0 Å². The Morgan fingerprint density at radius 3 is 3.05 bits per heavy atom. The quantitative estimate of drug-likeness (QED) is 0.800. The first-order chi connectivity index (χ1) is 10.2. The number of carbonyl (C=O) groups excluding carboxylic acids is 1. The average Bonchev–Trinajstić information content (AvgIpc) is 2.88. The third kappa shape index (κ3) is 2.85. The summed E-state index contributed by atoms with van der Waals surface area (Å²) in [6.45, 7) is 5.26. The van der Waals surface area contributed by atoms with Crippen molar-refractivity contribution < 1.29 is 9.53 Å². The molecular weight excluding hydrogens is 264 g/mol. The van der Waals surface area contributed by atoms with Crippen LogP contribution in [0.4, 0.5) is 11.4 Å². The van der Waals surface area contributed by atoms with Crippen LogP contribution in [-0.2, 0) is 16.0 Å². The Morgan fingerprint density at radius 1 is 1.38 bits per heavy atom. The van der Waals surface area contributed by atoms with Crippen molar-refractivity contribution >= 4 is 17.3 Å². The van der Waals surface area contributed by atoms with Crippen molar-refractivity contribution in [3.05, 3.63) is 23.8 Å². The second-order valence-corrected chi connectivity index (χ2v) is 6.02. The molecule has 21 heavy (non-hydrogen) atoms. The van der Waals surface area contributed by atoms with Gasteiger partial charge in [0.15, 0.2) is 0 Å². The van der Waals surface area contributed by atoms with E-state index >= 15 is 0 Å². The fourth-order valence-electron chi connectivity index (χ4n) is 3.41. The average molecular weight is 288 g/mol. The van der Waals surface area contributed by atoms with Crippen LogP contribution < -0.4 is 9.80 Å².